The van der Waals surface area contributed by atoms with Crippen molar-refractivity contribution in [3.05, 3.63) is 35.4 Å². The van der Waals surface area contributed by atoms with E-state index in [1.165, 1.54) is 11.1 Å². The molecule has 1 aromatic carbocycles. The number of hydrogen-bond acceptors (Lipinski definition) is 2. The Morgan fingerprint density at radius 1 is 1.33 bits per heavy atom. The van der Waals surface area contributed by atoms with Gasteiger partial charge in [-0.05, 0) is 43.4 Å². The molecule has 0 bridgehead atoms. The van der Waals surface area contributed by atoms with Crippen LogP contribution < -0.4 is 10.6 Å². The summed E-state index contributed by atoms with van der Waals surface area (Å²) in [5, 5.41) is 6.21. The third-order valence-corrected chi connectivity index (χ3v) is 3.52. The van der Waals surface area contributed by atoms with Crippen LogP contribution in [0.15, 0.2) is 24.3 Å². The SMILES string of the molecule is CCc1ccc(CCNC(=O)C2CCCN2)cc1. The zero-order valence-electron chi connectivity index (χ0n) is 11.0. The number of nitrogens with one attached hydrogen (secondary N) is 2. The van der Waals surface area contributed by atoms with Gasteiger partial charge >= 0.3 is 0 Å². The van der Waals surface area contributed by atoms with Crippen LogP contribution >= 0.6 is 0 Å². The van der Waals surface area contributed by atoms with Crippen LogP contribution in [0.1, 0.15) is 30.9 Å². The zero-order chi connectivity index (χ0) is 12.8. The van der Waals surface area contributed by atoms with E-state index in [9.17, 15) is 4.79 Å². The van der Waals surface area contributed by atoms with E-state index in [2.05, 4.69) is 41.8 Å². The van der Waals surface area contributed by atoms with Gasteiger partial charge in [-0.15, -0.1) is 0 Å². The molecule has 98 valence electrons. The number of rotatable bonds is 5. The van der Waals surface area contributed by atoms with Gasteiger partial charge in [0.15, 0.2) is 0 Å². The van der Waals surface area contributed by atoms with Crippen LogP contribution in [0.3, 0.4) is 0 Å². The molecular formula is C15H22N2O. The van der Waals surface area contributed by atoms with Gasteiger partial charge in [-0.2, -0.15) is 0 Å². The largest absolute Gasteiger partial charge is 0.354 e. The van der Waals surface area contributed by atoms with E-state index in [0.717, 1.165) is 38.8 Å². The molecule has 3 nitrogen and oxygen atoms in total. The molecule has 1 unspecified atom stereocenters. The van der Waals surface area contributed by atoms with Gasteiger partial charge in [0.25, 0.3) is 0 Å². The van der Waals surface area contributed by atoms with Crippen molar-refractivity contribution in [3.63, 3.8) is 0 Å². The summed E-state index contributed by atoms with van der Waals surface area (Å²) in [7, 11) is 0. The second-order valence-corrected chi connectivity index (χ2v) is 4.86. The summed E-state index contributed by atoms with van der Waals surface area (Å²) in [6.45, 7) is 3.85. The lowest BCUT2D eigenvalue weighted by atomic mass is 10.1. The van der Waals surface area contributed by atoms with E-state index < -0.39 is 0 Å². The molecule has 1 fully saturated rings. The predicted octanol–water partition coefficient (Wildman–Crippen LogP) is 1.66. The first-order valence-electron chi connectivity index (χ1n) is 6.88. The molecule has 1 heterocycles. The number of carbonyl (C=O) groups excluding carboxylic acids is 1. The van der Waals surface area contributed by atoms with Gasteiger partial charge in [-0.25, -0.2) is 0 Å². The molecule has 1 saturated heterocycles. The Kier molecular flexibility index (Phi) is 4.76. The summed E-state index contributed by atoms with van der Waals surface area (Å²) in [5.41, 5.74) is 2.64. The summed E-state index contributed by atoms with van der Waals surface area (Å²) < 4.78 is 0. The van der Waals surface area contributed by atoms with Gasteiger partial charge in [0.2, 0.25) is 5.91 Å². The summed E-state index contributed by atoms with van der Waals surface area (Å²) in [6, 6.07) is 8.66. The first-order valence-corrected chi connectivity index (χ1v) is 6.88. The van der Waals surface area contributed by atoms with E-state index in [-0.39, 0.29) is 11.9 Å². The second kappa shape index (κ2) is 6.55. The van der Waals surface area contributed by atoms with E-state index in [0.29, 0.717) is 0 Å². The first kappa shape index (κ1) is 13.1. The van der Waals surface area contributed by atoms with E-state index in [4.69, 9.17) is 0 Å². The third-order valence-electron chi connectivity index (χ3n) is 3.52. The highest BCUT2D eigenvalue weighted by atomic mass is 16.2. The van der Waals surface area contributed by atoms with Crippen molar-refractivity contribution >= 4 is 5.91 Å². The summed E-state index contributed by atoms with van der Waals surface area (Å²) in [5.74, 6) is 0.151. The molecule has 18 heavy (non-hydrogen) atoms. The minimum atomic E-state index is 0.0347. The Bertz CT molecular complexity index is 380. The van der Waals surface area contributed by atoms with Gasteiger partial charge in [-0.1, -0.05) is 31.2 Å². The summed E-state index contributed by atoms with van der Waals surface area (Å²) >= 11 is 0. The molecule has 3 heteroatoms. The van der Waals surface area contributed by atoms with Crippen LogP contribution in [0.25, 0.3) is 0 Å². The molecule has 0 aromatic heterocycles. The van der Waals surface area contributed by atoms with Crippen LogP contribution in [-0.2, 0) is 17.6 Å². The fourth-order valence-corrected chi connectivity index (χ4v) is 2.30. The second-order valence-electron chi connectivity index (χ2n) is 4.86. The number of amides is 1. The number of aryl methyl sites for hydroxylation is 1. The maximum atomic E-state index is 11.8. The highest BCUT2D eigenvalue weighted by molar-refractivity contribution is 5.81. The quantitative estimate of drug-likeness (QED) is 0.829. The van der Waals surface area contributed by atoms with Gasteiger partial charge in [-0.3, -0.25) is 4.79 Å². The normalized spacial score (nSPS) is 18.8. The average molecular weight is 246 g/mol. The predicted molar refractivity (Wildman–Crippen MR) is 73.6 cm³/mol. The molecule has 0 saturated carbocycles. The van der Waals surface area contributed by atoms with Crippen LogP contribution in [0, 0.1) is 0 Å². The maximum Gasteiger partial charge on any atom is 0.237 e. The van der Waals surface area contributed by atoms with Crippen molar-refractivity contribution in [2.45, 2.75) is 38.6 Å². The molecule has 2 rings (SSSR count). The molecular weight excluding hydrogens is 224 g/mol. The van der Waals surface area contributed by atoms with Gasteiger partial charge < -0.3 is 10.6 Å². The van der Waals surface area contributed by atoms with Crippen LogP contribution in [-0.4, -0.2) is 25.0 Å². The molecule has 1 amide bonds. The molecule has 1 aromatic rings. The Hall–Kier alpha value is -1.35. The van der Waals surface area contributed by atoms with Gasteiger partial charge in [0, 0.05) is 6.54 Å². The summed E-state index contributed by atoms with van der Waals surface area (Å²) in [6.07, 6.45) is 4.06. The van der Waals surface area contributed by atoms with Crippen molar-refractivity contribution < 1.29 is 4.79 Å². The third kappa shape index (κ3) is 3.57. The van der Waals surface area contributed by atoms with Gasteiger partial charge in [0.1, 0.15) is 0 Å². The van der Waals surface area contributed by atoms with Crippen molar-refractivity contribution in [1.29, 1.82) is 0 Å². The van der Waals surface area contributed by atoms with E-state index in [1.54, 1.807) is 0 Å². The maximum absolute atomic E-state index is 11.8. The minimum Gasteiger partial charge on any atom is -0.354 e. The Labute approximate surface area is 109 Å². The zero-order valence-corrected chi connectivity index (χ0v) is 11.0. The smallest absolute Gasteiger partial charge is 0.237 e. The standard InChI is InChI=1S/C15H22N2O/c1-2-12-5-7-13(8-6-12)9-11-17-15(18)14-4-3-10-16-14/h5-8,14,16H,2-4,9-11H2,1H3,(H,17,18). The topological polar surface area (TPSA) is 41.1 Å². The number of benzene rings is 1. The molecule has 1 aliphatic rings. The molecule has 0 radical (unpaired) electrons. The molecule has 1 aliphatic heterocycles. The van der Waals surface area contributed by atoms with Crippen molar-refractivity contribution in [2.24, 2.45) is 0 Å². The molecule has 0 spiro atoms. The number of carbonyl (C=O) groups is 1. The monoisotopic (exact) mass is 246 g/mol. The number of hydrogen-bond donors (Lipinski definition) is 2. The Balaban J connectivity index is 1.72. The molecule has 0 aliphatic carbocycles. The minimum absolute atomic E-state index is 0.0347. The van der Waals surface area contributed by atoms with Crippen molar-refractivity contribution in [2.75, 3.05) is 13.1 Å². The first-order chi connectivity index (χ1) is 8.79. The lowest BCUT2D eigenvalue weighted by Crippen LogP contribution is -2.41. The van der Waals surface area contributed by atoms with Crippen molar-refractivity contribution in [1.82, 2.24) is 10.6 Å². The van der Waals surface area contributed by atoms with E-state index in [1.807, 2.05) is 0 Å². The fourth-order valence-electron chi connectivity index (χ4n) is 2.30. The Morgan fingerprint density at radius 2 is 2.06 bits per heavy atom. The lowest BCUT2D eigenvalue weighted by molar-refractivity contribution is -0.122. The van der Waals surface area contributed by atoms with E-state index >= 15 is 0 Å². The molecule has 1 atom stereocenters. The molecule has 2 N–H and O–H groups in total. The Morgan fingerprint density at radius 3 is 2.67 bits per heavy atom. The van der Waals surface area contributed by atoms with Crippen LogP contribution in [0.2, 0.25) is 0 Å². The fraction of sp³-hybridized carbons (Fsp3) is 0.533. The van der Waals surface area contributed by atoms with Crippen LogP contribution in [0.5, 0.6) is 0 Å². The average Bonchev–Trinajstić information content (AvgIpc) is 2.93. The summed E-state index contributed by atoms with van der Waals surface area (Å²) in [4.78, 5) is 11.8. The van der Waals surface area contributed by atoms with Crippen molar-refractivity contribution in [3.8, 4) is 0 Å². The van der Waals surface area contributed by atoms with Gasteiger partial charge in [0.05, 0.1) is 6.04 Å². The lowest BCUT2D eigenvalue weighted by Gasteiger charge is -2.11. The highest BCUT2D eigenvalue weighted by Crippen LogP contribution is 2.06. The highest BCUT2D eigenvalue weighted by Gasteiger charge is 2.20. The van der Waals surface area contributed by atoms with Crippen LogP contribution in [0.4, 0.5) is 0 Å².